The Balaban J connectivity index is 0.00000264. The van der Waals surface area contributed by atoms with Gasteiger partial charge in [0.15, 0.2) is 0 Å². The van der Waals surface area contributed by atoms with Crippen LogP contribution in [0.5, 0.6) is 0 Å². The predicted octanol–water partition coefficient (Wildman–Crippen LogP) is 2.63. The van der Waals surface area contributed by atoms with E-state index in [1.807, 2.05) is 57.3 Å². The maximum absolute atomic E-state index is 12.3. The number of carbonyl (C=O) groups is 1. The molecule has 1 amide bonds. The fourth-order valence-corrected chi connectivity index (χ4v) is 2.12. The summed E-state index contributed by atoms with van der Waals surface area (Å²) in [5.41, 5.74) is 7.75. The van der Waals surface area contributed by atoms with Gasteiger partial charge in [-0.05, 0) is 17.5 Å². The van der Waals surface area contributed by atoms with Gasteiger partial charge in [0.2, 0.25) is 5.91 Å². The van der Waals surface area contributed by atoms with Gasteiger partial charge in [-0.15, -0.1) is 12.4 Å². The molecule has 1 aromatic heterocycles. The number of nitrogens with two attached hydrogens (primary N) is 1. The van der Waals surface area contributed by atoms with E-state index in [2.05, 4.69) is 5.10 Å². The Labute approximate surface area is 143 Å². The Hall–Kier alpha value is -1.85. The van der Waals surface area contributed by atoms with Crippen LogP contribution in [0.4, 0.5) is 0 Å². The Morgan fingerprint density at radius 2 is 1.91 bits per heavy atom. The molecular formula is C17H25ClN4O. The summed E-state index contributed by atoms with van der Waals surface area (Å²) in [7, 11) is 1.77. The number of carbonyl (C=O) groups excluding carboxylic acids is 1. The Morgan fingerprint density at radius 1 is 1.30 bits per heavy atom. The summed E-state index contributed by atoms with van der Waals surface area (Å²) in [4.78, 5) is 14.0. The maximum Gasteiger partial charge on any atom is 0.240 e. The normalized spacial score (nSPS) is 12.4. The molecule has 1 atom stereocenters. The van der Waals surface area contributed by atoms with Crippen molar-refractivity contribution >= 4 is 18.3 Å². The molecule has 5 nitrogen and oxygen atoms in total. The van der Waals surface area contributed by atoms with Crippen molar-refractivity contribution in [1.82, 2.24) is 14.7 Å². The quantitative estimate of drug-likeness (QED) is 0.933. The summed E-state index contributed by atoms with van der Waals surface area (Å²) in [6, 6.07) is 9.36. The van der Waals surface area contributed by atoms with Crippen LogP contribution in [-0.2, 0) is 11.3 Å². The van der Waals surface area contributed by atoms with Crippen molar-refractivity contribution in [3.8, 4) is 5.69 Å². The van der Waals surface area contributed by atoms with Crippen molar-refractivity contribution in [3.05, 3.63) is 48.3 Å². The molecule has 0 radical (unpaired) electrons. The molecule has 0 aliphatic rings. The summed E-state index contributed by atoms with van der Waals surface area (Å²) in [6.07, 6.45) is 3.71. The number of likely N-dealkylation sites (N-methyl/N-ethyl adjacent to an activating group) is 1. The number of hydrogen-bond donors (Lipinski definition) is 1. The molecule has 0 bridgehead atoms. The lowest BCUT2D eigenvalue weighted by atomic mass is 9.86. The summed E-state index contributed by atoms with van der Waals surface area (Å²) >= 11 is 0. The van der Waals surface area contributed by atoms with Gasteiger partial charge in [0.05, 0.1) is 17.9 Å². The van der Waals surface area contributed by atoms with Crippen molar-refractivity contribution in [2.75, 3.05) is 7.05 Å². The molecule has 0 fully saturated rings. The first-order valence-electron chi connectivity index (χ1n) is 7.38. The zero-order valence-electron chi connectivity index (χ0n) is 14.1. The Morgan fingerprint density at radius 3 is 2.48 bits per heavy atom. The molecule has 6 heteroatoms. The van der Waals surface area contributed by atoms with E-state index in [1.54, 1.807) is 22.8 Å². The topological polar surface area (TPSA) is 64.2 Å². The van der Waals surface area contributed by atoms with Crippen molar-refractivity contribution in [2.24, 2.45) is 11.1 Å². The van der Waals surface area contributed by atoms with Gasteiger partial charge in [-0.1, -0.05) is 39.0 Å². The fraction of sp³-hybridized carbons (Fsp3) is 0.412. The highest BCUT2D eigenvalue weighted by molar-refractivity contribution is 5.85. The van der Waals surface area contributed by atoms with Crippen LogP contribution in [0.2, 0.25) is 0 Å². The van der Waals surface area contributed by atoms with E-state index in [4.69, 9.17) is 5.73 Å². The smallest absolute Gasteiger partial charge is 0.240 e. The molecule has 0 saturated heterocycles. The average Bonchev–Trinajstić information content (AvgIpc) is 2.94. The summed E-state index contributed by atoms with van der Waals surface area (Å²) < 4.78 is 1.80. The predicted molar refractivity (Wildman–Crippen MR) is 94.7 cm³/mol. The second kappa shape index (κ2) is 7.62. The van der Waals surface area contributed by atoms with E-state index >= 15 is 0 Å². The second-order valence-electron chi connectivity index (χ2n) is 6.67. The first-order valence-corrected chi connectivity index (χ1v) is 7.38. The lowest BCUT2D eigenvalue weighted by molar-refractivity contribution is -0.134. The first-order chi connectivity index (χ1) is 10.3. The molecule has 0 spiro atoms. The summed E-state index contributed by atoms with van der Waals surface area (Å²) in [6.45, 7) is 6.40. The Kier molecular flexibility index (Phi) is 6.36. The minimum atomic E-state index is -0.512. The second-order valence-corrected chi connectivity index (χ2v) is 6.67. The largest absolute Gasteiger partial charge is 0.340 e. The molecule has 2 rings (SSSR count). The van der Waals surface area contributed by atoms with Crippen LogP contribution in [0.25, 0.3) is 5.69 Å². The van der Waals surface area contributed by atoms with E-state index < -0.39 is 6.04 Å². The van der Waals surface area contributed by atoms with Gasteiger partial charge < -0.3 is 10.6 Å². The highest BCUT2D eigenvalue weighted by atomic mass is 35.5. The monoisotopic (exact) mass is 336 g/mol. The molecule has 0 saturated carbocycles. The molecular weight excluding hydrogens is 312 g/mol. The van der Waals surface area contributed by atoms with E-state index in [9.17, 15) is 4.79 Å². The van der Waals surface area contributed by atoms with E-state index in [0.717, 1.165) is 11.3 Å². The molecule has 2 aromatic rings. The highest BCUT2D eigenvalue weighted by Crippen LogP contribution is 2.19. The van der Waals surface area contributed by atoms with Crippen molar-refractivity contribution in [2.45, 2.75) is 33.4 Å². The summed E-state index contributed by atoms with van der Waals surface area (Å²) in [5, 5.41) is 4.34. The zero-order valence-corrected chi connectivity index (χ0v) is 14.9. The van der Waals surface area contributed by atoms with Gasteiger partial charge >= 0.3 is 0 Å². The van der Waals surface area contributed by atoms with Gasteiger partial charge in [-0.3, -0.25) is 4.79 Å². The SMILES string of the molecule is CN(Cc1cnn(-c2ccccc2)c1)C(=O)[C@@H](N)C(C)(C)C.Cl. The average molecular weight is 337 g/mol. The summed E-state index contributed by atoms with van der Waals surface area (Å²) in [5.74, 6) is -0.0556. The molecule has 0 aliphatic carbocycles. The van der Waals surface area contributed by atoms with Crippen LogP contribution in [-0.4, -0.2) is 33.7 Å². The number of hydrogen-bond acceptors (Lipinski definition) is 3. The number of para-hydroxylation sites is 1. The van der Waals surface area contributed by atoms with Gasteiger partial charge in [0.25, 0.3) is 0 Å². The third-order valence-electron chi connectivity index (χ3n) is 3.65. The zero-order chi connectivity index (χ0) is 16.3. The molecule has 126 valence electrons. The number of benzene rings is 1. The first kappa shape index (κ1) is 19.2. The van der Waals surface area contributed by atoms with E-state index in [1.165, 1.54) is 0 Å². The number of rotatable bonds is 4. The van der Waals surface area contributed by atoms with Gasteiger partial charge in [-0.25, -0.2) is 4.68 Å². The molecule has 1 aromatic carbocycles. The standard InChI is InChI=1S/C17H24N4O.ClH/c1-17(2,3)15(18)16(22)20(4)11-13-10-19-21(12-13)14-8-6-5-7-9-14;/h5-10,12,15H,11,18H2,1-4H3;1H/t15-;/m1./s1. The Bertz CT molecular complexity index is 634. The number of amides is 1. The number of nitrogens with zero attached hydrogens (tertiary/aromatic N) is 3. The van der Waals surface area contributed by atoms with Gasteiger partial charge in [0, 0.05) is 25.4 Å². The van der Waals surface area contributed by atoms with Crippen LogP contribution in [0.3, 0.4) is 0 Å². The van der Waals surface area contributed by atoms with Gasteiger partial charge in [-0.2, -0.15) is 5.10 Å². The van der Waals surface area contributed by atoms with Crippen LogP contribution < -0.4 is 5.73 Å². The number of aromatic nitrogens is 2. The fourth-order valence-electron chi connectivity index (χ4n) is 2.12. The van der Waals surface area contributed by atoms with Crippen molar-refractivity contribution in [1.29, 1.82) is 0 Å². The highest BCUT2D eigenvalue weighted by Gasteiger charge is 2.29. The molecule has 1 heterocycles. The molecule has 23 heavy (non-hydrogen) atoms. The molecule has 2 N–H and O–H groups in total. The van der Waals surface area contributed by atoms with Crippen LogP contribution in [0.1, 0.15) is 26.3 Å². The third kappa shape index (κ3) is 4.81. The van der Waals surface area contributed by atoms with Crippen molar-refractivity contribution < 1.29 is 4.79 Å². The minimum Gasteiger partial charge on any atom is -0.340 e. The van der Waals surface area contributed by atoms with Crippen LogP contribution in [0.15, 0.2) is 42.7 Å². The van der Waals surface area contributed by atoms with Crippen LogP contribution in [0, 0.1) is 5.41 Å². The third-order valence-corrected chi connectivity index (χ3v) is 3.65. The number of halogens is 1. The molecule has 0 unspecified atom stereocenters. The van der Waals surface area contributed by atoms with Gasteiger partial charge in [0.1, 0.15) is 0 Å². The lowest BCUT2D eigenvalue weighted by Crippen LogP contribution is -2.48. The maximum atomic E-state index is 12.3. The minimum absolute atomic E-state index is 0. The lowest BCUT2D eigenvalue weighted by Gasteiger charge is -2.29. The van der Waals surface area contributed by atoms with Crippen LogP contribution >= 0.6 is 12.4 Å². The van der Waals surface area contributed by atoms with Crippen molar-refractivity contribution in [3.63, 3.8) is 0 Å². The van der Waals surface area contributed by atoms with E-state index in [0.29, 0.717) is 6.54 Å². The molecule has 0 aliphatic heterocycles. The van der Waals surface area contributed by atoms with E-state index in [-0.39, 0.29) is 23.7 Å².